The van der Waals surface area contributed by atoms with E-state index in [2.05, 4.69) is 10.6 Å². The minimum Gasteiger partial charge on any atom is -0.493 e. The van der Waals surface area contributed by atoms with E-state index in [1.807, 2.05) is 0 Å². The lowest BCUT2D eigenvalue weighted by atomic mass is 10.1. The Hall–Kier alpha value is -3.63. The number of benzene rings is 2. The van der Waals surface area contributed by atoms with Crippen LogP contribution >= 0.6 is 0 Å². The third-order valence-corrected chi connectivity index (χ3v) is 4.66. The average molecular weight is 498 g/mol. The first-order chi connectivity index (χ1) is 16.3. The first-order valence-corrected chi connectivity index (χ1v) is 10.6. The summed E-state index contributed by atoms with van der Waals surface area (Å²) >= 11 is 0. The number of nitrogens with one attached hydrogen (secondary N) is 2. The van der Waals surface area contributed by atoms with Crippen molar-refractivity contribution in [1.29, 1.82) is 0 Å². The summed E-state index contributed by atoms with van der Waals surface area (Å²) in [7, 11) is 4.37. The van der Waals surface area contributed by atoms with E-state index in [0.717, 1.165) is 18.2 Å². The molecule has 0 spiro atoms. The highest BCUT2D eigenvalue weighted by Gasteiger charge is 2.31. The fourth-order valence-corrected chi connectivity index (χ4v) is 3.17. The van der Waals surface area contributed by atoms with Crippen LogP contribution < -0.4 is 24.8 Å². The maximum absolute atomic E-state index is 13.2. The number of carbonyl (C=O) groups is 2. The molecule has 2 rings (SSSR count). The lowest BCUT2D eigenvalue weighted by Gasteiger charge is -2.21. The molecule has 0 atom stereocenters. The van der Waals surface area contributed by atoms with Gasteiger partial charge in [0, 0.05) is 6.42 Å². The van der Waals surface area contributed by atoms with Crippen molar-refractivity contribution in [2.75, 3.05) is 32.0 Å². The number of hydrogen-bond acceptors (Lipinski definition) is 6. The summed E-state index contributed by atoms with van der Waals surface area (Å²) in [6.07, 6.45) is -5.41. The first-order valence-electron chi connectivity index (χ1n) is 10.6. The molecule has 0 radical (unpaired) electrons. The van der Waals surface area contributed by atoms with E-state index < -0.39 is 29.3 Å². The van der Waals surface area contributed by atoms with Crippen LogP contribution in [0.15, 0.2) is 30.3 Å². The Kier molecular flexibility index (Phi) is 8.83. The Morgan fingerprint density at radius 2 is 1.51 bits per heavy atom. The van der Waals surface area contributed by atoms with Gasteiger partial charge >= 0.3 is 12.3 Å². The molecule has 0 saturated heterocycles. The number of amides is 2. The van der Waals surface area contributed by atoms with Crippen molar-refractivity contribution in [3.05, 3.63) is 41.5 Å². The maximum atomic E-state index is 13.2. The topological polar surface area (TPSA) is 95.1 Å². The highest BCUT2D eigenvalue weighted by molar-refractivity contribution is 5.98. The van der Waals surface area contributed by atoms with Gasteiger partial charge in [-0.3, -0.25) is 10.1 Å². The van der Waals surface area contributed by atoms with Gasteiger partial charge < -0.3 is 24.3 Å². The average Bonchev–Trinajstić information content (AvgIpc) is 2.75. The molecular formula is C24H29F3N2O6. The van der Waals surface area contributed by atoms with Crippen LogP contribution in [0.4, 0.5) is 29.3 Å². The van der Waals surface area contributed by atoms with E-state index >= 15 is 0 Å². The molecule has 0 heterocycles. The lowest BCUT2D eigenvalue weighted by molar-refractivity contribution is -0.137. The van der Waals surface area contributed by atoms with Crippen LogP contribution in [0.3, 0.4) is 0 Å². The van der Waals surface area contributed by atoms with Gasteiger partial charge in [-0.05, 0) is 57.0 Å². The Morgan fingerprint density at radius 3 is 2.06 bits per heavy atom. The largest absolute Gasteiger partial charge is 0.493 e. The van der Waals surface area contributed by atoms with Crippen LogP contribution in [0.2, 0.25) is 0 Å². The van der Waals surface area contributed by atoms with Crippen molar-refractivity contribution < 1.29 is 41.7 Å². The van der Waals surface area contributed by atoms with Gasteiger partial charge in [0.15, 0.2) is 11.5 Å². The third kappa shape index (κ3) is 7.69. The fourth-order valence-electron chi connectivity index (χ4n) is 3.17. The van der Waals surface area contributed by atoms with Crippen molar-refractivity contribution in [2.45, 2.75) is 45.4 Å². The Balaban J connectivity index is 2.24. The molecule has 0 aliphatic rings. The standard InChI is InChI=1S/C24H29F3N2O6/c1-23(2,3)35-22(31)29-16-10-9-15(24(25,26)27)13-17(16)28-19(30)12-8-14-7-11-18(32-4)21(34-6)20(14)33-5/h7,9-11,13H,8,12H2,1-6H3,(H,28,30)(H,29,31). The van der Waals surface area contributed by atoms with Crippen molar-refractivity contribution in [2.24, 2.45) is 0 Å². The molecular weight excluding hydrogens is 469 g/mol. The predicted octanol–water partition coefficient (Wildman–Crippen LogP) is 5.65. The molecule has 2 amide bonds. The molecule has 2 aromatic rings. The Bertz CT molecular complexity index is 1060. The molecule has 0 saturated carbocycles. The second-order valence-corrected chi connectivity index (χ2v) is 8.43. The summed E-state index contributed by atoms with van der Waals surface area (Å²) in [5.74, 6) is 0.605. The van der Waals surface area contributed by atoms with E-state index in [0.29, 0.717) is 22.8 Å². The second-order valence-electron chi connectivity index (χ2n) is 8.43. The molecule has 35 heavy (non-hydrogen) atoms. The van der Waals surface area contributed by atoms with E-state index in [-0.39, 0.29) is 24.2 Å². The zero-order valence-electron chi connectivity index (χ0n) is 20.4. The van der Waals surface area contributed by atoms with Crippen molar-refractivity contribution >= 4 is 23.4 Å². The van der Waals surface area contributed by atoms with Crippen molar-refractivity contribution in [3.8, 4) is 17.2 Å². The number of carbonyl (C=O) groups excluding carboxylic acids is 2. The Morgan fingerprint density at radius 1 is 0.857 bits per heavy atom. The molecule has 8 nitrogen and oxygen atoms in total. The minimum absolute atomic E-state index is 0.0377. The number of hydrogen-bond donors (Lipinski definition) is 2. The van der Waals surface area contributed by atoms with E-state index in [1.165, 1.54) is 21.3 Å². The highest BCUT2D eigenvalue weighted by atomic mass is 19.4. The molecule has 0 unspecified atom stereocenters. The number of ether oxygens (including phenoxy) is 4. The van der Waals surface area contributed by atoms with Crippen LogP contribution in [-0.2, 0) is 22.1 Å². The van der Waals surface area contributed by atoms with Gasteiger partial charge in [0.2, 0.25) is 11.7 Å². The predicted molar refractivity (Wildman–Crippen MR) is 124 cm³/mol. The van der Waals surface area contributed by atoms with Gasteiger partial charge in [-0.1, -0.05) is 6.07 Å². The summed E-state index contributed by atoms with van der Waals surface area (Å²) < 4.78 is 60.8. The molecule has 0 aromatic heterocycles. The quantitative estimate of drug-likeness (QED) is 0.489. The molecule has 192 valence electrons. The number of halogens is 3. The van der Waals surface area contributed by atoms with E-state index in [1.54, 1.807) is 32.9 Å². The van der Waals surface area contributed by atoms with Crippen LogP contribution in [-0.4, -0.2) is 38.9 Å². The normalized spacial score (nSPS) is 11.5. The SMILES string of the molecule is COc1ccc(CCC(=O)Nc2cc(C(F)(F)F)ccc2NC(=O)OC(C)(C)C)c(OC)c1OC. The lowest BCUT2D eigenvalue weighted by Crippen LogP contribution is -2.27. The molecule has 0 aliphatic carbocycles. The molecule has 2 N–H and O–H groups in total. The number of anilines is 2. The van der Waals surface area contributed by atoms with Gasteiger partial charge in [0.1, 0.15) is 5.60 Å². The van der Waals surface area contributed by atoms with E-state index in [4.69, 9.17) is 18.9 Å². The zero-order valence-corrected chi connectivity index (χ0v) is 20.4. The number of aryl methyl sites for hydroxylation is 1. The molecule has 0 aliphatic heterocycles. The van der Waals surface area contributed by atoms with Crippen LogP contribution in [0.25, 0.3) is 0 Å². The summed E-state index contributed by atoms with van der Waals surface area (Å²) in [6, 6.07) is 5.97. The number of alkyl halides is 3. The fraction of sp³-hybridized carbons (Fsp3) is 0.417. The highest BCUT2D eigenvalue weighted by Crippen LogP contribution is 2.40. The van der Waals surface area contributed by atoms with E-state index in [9.17, 15) is 22.8 Å². The van der Waals surface area contributed by atoms with Crippen LogP contribution in [0.5, 0.6) is 17.2 Å². The minimum atomic E-state index is -4.64. The van der Waals surface area contributed by atoms with Crippen molar-refractivity contribution in [3.63, 3.8) is 0 Å². The second kappa shape index (κ2) is 11.2. The molecule has 11 heteroatoms. The maximum Gasteiger partial charge on any atom is 0.416 e. The summed E-state index contributed by atoms with van der Waals surface area (Å²) in [5, 5.41) is 4.82. The molecule has 0 fully saturated rings. The zero-order chi connectivity index (χ0) is 26.4. The van der Waals surface area contributed by atoms with Crippen LogP contribution in [0.1, 0.15) is 38.3 Å². The van der Waals surface area contributed by atoms with Gasteiger partial charge in [-0.25, -0.2) is 4.79 Å². The van der Waals surface area contributed by atoms with Gasteiger partial charge in [0.25, 0.3) is 0 Å². The first kappa shape index (κ1) is 27.6. The van der Waals surface area contributed by atoms with Gasteiger partial charge in [-0.15, -0.1) is 0 Å². The van der Waals surface area contributed by atoms with Gasteiger partial charge in [0.05, 0.1) is 38.3 Å². The van der Waals surface area contributed by atoms with Crippen LogP contribution in [0, 0.1) is 0 Å². The number of rotatable bonds is 8. The molecule has 2 aromatic carbocycles. The monoisotopic (exact) mass is 498 g/mol. The smallest absolute Gasteiger partial charge is 0.416 e. The summed E-state index contributed by atoms with van der Waals surface area (Å²) in [4.78, 5) is 24.8. The van der Waals surface area contributed by atoms with Crippen molar-refractivity contribution in [1.82, 2.24) is 0 Å². The number of methoxy groups -OCH3 is 3. The van der Waals surface area contributed by atoms with Gasteiger partial charge in [-0.2, -0.15) is 13.2 Å². The Labute approximate surface area is 201 Å². The third-order valence-electron chi connectivity index (χ3n) is 4.66. The molecule has 0 bridgehead atoms. The summed E-state index contributed by atoms with van der Waals surface area (Å²) in [5.41, 5.74) is -1.42. The summed E-state index contributed by atoms with van der Waals surface area (Å²) in [6.45, 7) is 4.93.